The molecule has 19 heavy (non-hydrogen) atoms. The molecule has 0 heterocycles. The molecule has 1 atom stereocenters. The van der Waals surface area contributed by atoms with Gasteiger partial charge in [-0.3, -0.25) is 0 Å². The topological polar surface area (TPSA) is 29.5 Å². The number of benzene rings is 1. The molecule has 1 saturated carbocycles. The molecule has 1 aromatic rings. The molecule has 0 aliphatic heterocycles. The van der Waals surface area contributed by atoms with E-state index in [-0.39, 0.29) is 11.5 Å². The number of aliphatic hydroxyl groups is 1. The second-order valence-corrected chi connectivity index (χ2v) is 5.73. The van der Waals surface area contributed by atoms with Crippen LogP contribution in [-0.4, -0.2) is 24.9 Å². The van der Waals surface area contributed by atoms with Crippen LogP contribution in [0, 0.1) is 0 Å². The highest BCUT2D eigenvalue weighted by molar-refractivity contribution is 5.27. The van der Waals surface area contributed by atoms with Crippen LogP contribution in [0.1, 0.15) is 50.5 Å². The highest BCUT2D eigenvalue weighted by Gasteiger charge is 2.39. The second kappa shape index (κ2) is 7.06. The first-order valence-corrected chi connectivity index (χ1v) is 7.52. The highest BCUT2D eigenvalue weighted by atomic mass is 16.5. The quantitative estimate of drug-likeness (QED) is 0.793. The molecule has 1 aromatic carbocycles. The van der Waals surface area contributed by atoms with Gasteiger partial charge >= 0.3 is 0 Å². The van der Waals surface area contributed by atoms with Gasteiger partial charge in [0.25, 0.3) is 0 Å². The Bertz CT molecular complexity index is 355. The van der Waals surface area contributed by atoms with Gasteiger partial charge in [-0.15, -0.1) is 0 Å². The summed E-state index contributed by atoms with van der Waals surface area (Å²) >= 11 is 0. The molecule has 1 unspecified atom stereocenters. The van der Waals surface area contributed by atoms with Gasteiger partial charge in [0.2, 0.25) is 0 Å². The molecule has 2 heteroatoms. The number of ether oxygens (including phenoxy) is 1. The Balaban J connectivity index is 2.15. The Hall–Kier alpha value is -0.860. The van der Waals surface area contributed by atoms with E-state index in [0.29, 0.717) is 0 Å². The summed E-state index contributed by atoms with van der Waals surface area (Å²) in [5.74, 6) is 0. The minimum absolute atomic E-state index is 0.0206. The molecule has 1 aliphatic carbocycles. The lowest BCUT2D eigenvalue weighted by atomic mass is 9.65. The summed E-state index contributed by atoms with van der Waals surface area (Å²) < 4.78 is 5.11. The monoisotopic (exact) mass is 262 g/mol. The van der Waals surface area contributed by atoms with Crippen molar-refractivity contribution in [3.8, 4) is 0 Å². The Morgan fingerprint density at radius 2 is 1.84 bits per heavy atom. The van der Waals surface area contributed by atoms with Gasteiger partial charge < -0.3 is 9.84 Å². The third-order valence-electron chi connectivity index (χ3n) is 4.56. The minimum atomic E-state index is -0.245. The van der Waals surface area contributed by atoms with Crippen LogP contribution in [0.3, 0.4) is 0 Å². The van der Waals surface area contributed by atoms with E-state index in [1.54, 1.807) is 7.11 Å². The largest absolute Gasteiger partial charge is 0.392 e. The summed E-state index contributed by atoms with van der Waals surface area (Å²) in [5.41, 5.74) is 1.30. The number of aliphatic hydroxyl groups excluding tert-OH is 1. The fourth-order valence-electron chi connectivity index (χ4n) is 3.46. The first-order chi connectivity index (χ1) is 9.29. The third kappa shape index (κ3) is 3.37. The van der Waals surface area contributed by atoms with Crippen molar-refractivity contribution in [3.63, 3.8) is 0 Å². The van der Waals surface area contributed by atoms with Crippen LogP contribution in [0.5, 0.6) is 0 Å². The third-order valence-corrected chi connectivity index (χ3v) is 4.56. The van der Waals surface area contributed by atoms with E-state index < -0.39 is 0 Å². The molecule has 2 nitrogen and oxygen atoms in total. The number of hydrogen-bond donors (Lipinski definition) is 1. The van der Waals surface area contributed by atoms with E-state index in [0.717, 1.165) is 32.3 Å². The molecular formula is C17H26O2. The van der Waals surface area contributed by atoms with E-state index >= 15 is 0 Å². The van der Waals surface area contributed by atoms with E-state index in [1.807, 2.05) is 0 Å². The Labute approximate surface area is 116 Å². The molecule has 0 amide bonds. The summed E-state index contributed by atoms with van der Waals surface area (Å²) in [7, 11) is 1.72. The van der Waals surface area contributed by atoms with Crippen LogP contribution in [0.4, 0.5) is 0 Å². The van der Waals surface area contributed by atoms with Gasteiger partial charge in [-0.05, 0) is 31.2 Å². The zero-order valence-corrected chi connectivity index (χ0v) is 12.0. The molecule has 2 rings (SSSR count). The highest BCUT2D eigenvalue weighted by Crippen LogP contribution is 2.43. The molecule has 106 valence electrons. The predicted molar refractivity (Wildman–Crippen MR) is 78.3 cm³/mol. The normalized spacial score (nSPS) is 20.1. The SMILES string of the molecule is COCCCC(O)C1(c2ccccc2)CCCCC1. The second-order valence-electron chi connectivity index (χ2n) is 5.73. The van der Waals surface area contributed by atoms with Gasteiger partial charge in [0.15, 0.2) is 0 Å². The fraction of sp³-hybridized carbons (Fsp3) is 0.647. The summed E-state index contributed by atoms with van der Waals surface area (Å²) in [5, 5.41) is 10.7. The maximum atomic E-state index is 10.7. The van der Waals surface area contributed by atoms with Crippen molar-refractivity contribution in [2.24, 2.45) is 0 Å². The van der Waals surface area contributed by atoms with Crippen molar-refractivity contribution in [2.45, 2.75) is 56.5 Å². The summed E-state index contributed by atoms with van der Waals surface area (Å²) in [4.78, 5) is 0. The van der Waals surface area contributed by atoms with Gasteiger partial charge in [0, 0.05) is 19.1 Å². The lowest BCUT2D eigenvalue weighted by molar-refractivity contribution is 0.0393. The van der Waals surface area contributed by atoms with Crippen molar-refractivity contribution in [2.75, 3.05) is 13.7 Å². The van der Waals surface area contributed by atoms with Gasteiger partial charge in [0.05, 0.1) is 6.10 Å². The van der Waals surface area contributed by atoms with Crippen LogP contribution in [0.25, 0.3) is 0 Å². The van der Waals surface area contributed by atoms with Gasteiger partial charge in [-0.1, -0.05) is 49.6 Å². The minimum Gasteiger partial charge on any atom is -0.392 e. The molecule has 0 bridgehead atoms. The molecular weight excluding hydrogens is 236 g/mol. The van der Waals surface area contributed by atoms with Crippen molar-refractivity contribution >= 4 is 0 Å². The Morgan fingerprint density at radius 1 is 1.16 bits per heavy atom. The van der Waals surface area contributed by atoms with Crippen LogP contribution < -0.4 is 0 Å². The molecule has 0 radical (unpaired) electrons. The van der Waals surface area contributed by atoms with Crippen molar-refractivity contribution < 1.29 is 9.84 Å². The summed E-state index contributed by atoms with van der Waals surface area (Å²) in [6.45, 7) is 0.738. The fourth-order valence-corrected chi connectivity index (χ4v) is 3.46. The zero-order valence-electron chi connectivity index (χ0n) is 12.0. The standard InChI is InChI=1S/C17H26O2/c1-19-14-8-11-16(18)17(12-6-3-7-13-17)15-9-4-2-5-10-15/h2,4-5,9-10,16,18H,3,6-8,11-14H2,1H3. The van der Waals surface area contributed by atoms with E-state index in [4.69, 9.17) is 4.74 Å². The number of rotatable bonds is 6. The Morgan fingerprint density at radius 3 is 2.47 bits per heavy atom. The first-order valence-electron chi connectivity index (χ1n) is 7.52. The van der Waals surface area contributed by atoms with Crippen molar-refractivity contribution in [1.29, 1.82) is 0 Å². The molecule has 1 N–H and O–H groups in total. The van der Waals surface area contributed by atoms with E-state index in [9.17, 15) is 5.11 Å². The van der Waals surface area contributed by atoms with Gasteiger partial charge in [-0.25, -0.2) is 0 Å². The average Bonchev–Trinajstić information content (AvgIpc) is 2.49. The summed E-state index contributed by atoms with van der Waals surface area (Å²) in [6, 6.07) is 10.6. The Kier molecular flexibility index (Phi) is 5.41. The van der Waals surface area contributed by atoms with Crippen LogP contribution in [0.15, 0.2) is 30.3 Å². The maximum absolute atomic E-state index is 10.7. The molecule has 0 saturated heterocycles. The smallest absolute Gasteiger partial charge is 0.0637 e. The van der Waals surface area contributed by atoms with Crippen LogP contribution >= 0.6 is 0 Å². The van der Waals surface area contributed by atoms with E-state index in [2.05, 4.69) is 30.3 Å². The first kappa shape index (κ1) is 14.5. The lowest BCUT2D eigenvalue weighted by Gasteiger charge is -2.42. The number of hydrogen-bond acceptors (Lipinski definition) is 2. The lowest BCUT2D eigenvalue weighted by Crippen LogP contribution is -2.41. The van der Waals surface area contributed by atoms with Crippen LogP contribution in [0.2, 0.25) is 0 Å². The van der Waals surface area contributed by atoms with Gasteiger partial charge in [-0.2, -0.15) is 0 Å². The molecule has 1 aliphatic rings. The zero-order chi connectivity index (χ0) is 13.6. The van der Waals surface area contributed by atoms with Crippen LogP contribution in [-0.2, 0) is 10.2 Å². The molecule has 0 aromatic heterocycles. The van der Waals surface area contributed by atoms with E-state index in [1.165, 1.54) is 24.8 Å². The van der Waals surface area contributed by atoms with Crippen molar-refractivity contribution in [1.82, 2.24) is 0 Å². The average molecular weight is 262 g/mol. The predicted octanol–water partition coefficient (Wildman–Crippen LogP) is 3.68. The number of methoxy groups -OCH3 is 1. The van der Waals surface area contributed by atoms with Crippen molar-refractivity contribution in [3.05, 3.63) is 35.9 Å². The molecule has 0 spiro atoms. The summed E-state index contributed by atoms with van der Waals surface area (Å²) in [6.07, 6.45) is 7.53. The van der Waals surface area contributed by atoms with Gasteiger partial charge in [0.1, 0.15) is 0 Å². The maximum Gasteiger partial charge on any atom is 0.0637 e. The molecule has 1 fully saturated rings.